The number of rotatable bonds is 4. The Hall–Kier alpha value is -1.36. The Morgan fingerprint density at radius 3 is 2.84 bits per heavy atom. The summed E-state index contributed by atoms with van der Waals surface area (Å²) in [5.74, 6) is 0.618. The Morgan fingerprint density at radius 2 is 2.16 bits per heavy atom. The normalized spacial score (nSPS) is 13.7. The van der Waals surface area contributed by atoms with Gasteiger partial charge in [-0.15, -0.1) is 0 Å². The topological polar surface area (TPSA) is 58.0 Å². The first-order valence-corrected chi connectivity index (χ1v) is 7.35. The third kappa shape index (κ3) is 4.06. The van der Waals surface area contributed by atoms with Gasteiger partial charge in [0, 0.05) is 22.2 Å². The first-order valence-electron chi connectivity index (χ1n) is 6.37. The Morgan fingerprint density at radius 1 is 1.42 bits per heavy atom. The molecular formula is C14H20N2O2S. The fourth-order valence-corrected chi connectivity index (χ4v) is 2.58. The van der Waals surface area contributed by atoms with Crippen LogP contribution in [0.5, 0.6) is 0 Å². The van der Waals surface area contributed by atoms with Crippen molar-refractivity contribution in [3.05, 3.63) is 28.7 Å². The molecule has 4 nitrogen and oxygen atoms in total. The van der Waals surface area contributed by atoms with Crippen LogP contribution in [0.4, 0.5) is 5.69 Å². The van der Waals surface area contributed by atoms with Crippen LogP contribution in [-0.4, -0.2) is 21.5 Å². The van der Waals surface area contributed by atoms with Gasteiger partial charge in [-0.1, -0.05) is 20.8 Å². The van der Waals surface area contributed by atoms with Crippen LogP contribution in [0.25, 0.3) is 11.1 Å². The first-order chi connectivity index (χ1) is 8.83. The molecule has 1 heterocycles. The van der Waals surface area contributed by atoms with E-state index < -0.39 is 5.76 Å². The highest BCUT2D eigenvalue weighted by molar-refractivity contribution is 8.00. The number of H-pyrrole nitrogens is 1. The number of oxazole rings is 1. The zero-order valence-corrected chi connectivity index (χ0v) is 12.6. The molecule has 0 aliphatic rings. The molecule has 0 aliphatic heterocycles. The van der Waals surface area contributed by atoms with E-state index in [0.29, 0.717) is 11.6 Å². The van der Waals surface area contributed by atoms with E-state index in [1.54, 1.807) is 6.07 Å². The van der Waals surface area contributed by atoms with Crippen molar-refractivity contribution >= 4 is 28.5 Å². The van der Waals surface area contributed by atoms with Gasteiger partial charge < -0.3 is 9.73 Å². The standard InChI is InChI=1S/C14H20N2O2S/c1-9(8-19-14(2,3)4)15-10-5-6-12-11(7-10)16-13(17)18-12/h5-7,9,15H,8H2,1-4H3,(H,16,17)/t9-/m0/s1. The number of benzene rings is 1. The van der Waals surface area contributed by atoms with Crippen LogP contribution in [0.3, 0.4) is 0 Å². The minimum atomic E-state index is -0.413. The van der Waals surface area contributed by atoms with Crippen molar-refractivity contribution in [2.24, 2.45) is 0 Å². The summed E-state index contributed by atoms with van der Waals surface area (Å²) in [4.78, 5) is 13.8. The molecule has 0 bridgehead atoms. The van der Waals surface area contributed by atoms with Crippen molar-refractivity contribution in [1.82, 2.24) is 4.98 Å². The van der Waals surface area contributed by atoms with E-state index in [4.69, 9.17) is 4.42 Å². The van der Waals surface area contributed by atoms with E-state index in [-0.39, 0.29) is 4.75 Å². The first kappa shape index (κ1) is 14.1. The molecule has 1 atom stereocenters. The second-order valence-electron chi connectivity index (χ2n) is 5.69. The predicted molar refractivity (Wildman–Crippen MR) is 82.1 cm³/mol. The van der Waals surface area contributed by atoms with Crippen molar-refractivity contribution < 1.29 is 4.42 Å². The number of aromatic amines is 1. The van der Waals surface area contributed by atoms with Crippen LogP contribution in [0.2, 0.25) is 0 Å². The third-order valence-electron chi connectivity index (χ3n) is 2.60. The van der Waals surface area contributed by atoms with Gasteiger partial charge in [-0.05, 0) is 25.1 Å². The number of hydrogen-bond donors (Lipinski definition) is 2. The zero-order chi connectivity index (χ0) is 14.0. The molecule has 1 aromatic heterocycles. The molecule has 0 aliphatic carbocycles. The maximum atomic E-state index is 11.1. The maximum Gasteiger partial charge on any atom is 0.417 e. The average molecular weight is 280 g/mol. The molecule has 0 saturated carbocycles. The number of thioether (sulfide) groups is 1. The van der Waals surface area contributed by atoms with Crippen LogP contribution in [0.15, 0.2) is 27.4 Å². The molecular weight excluding hydrogens is 260 g/mol. The average Bonchev–Trinajstić information content (AvgIpc) is 2.65. The van der Waals surface area contributed by atoms with Gasteiger partial charge in [0.1, 0.15) is 0 Å². The summed E-state index contributed by atoms with van der Waals surface area (Å²) in [7, 11) is 0. The molecule has 0 fully saturated rings. The Kier molecular flexibility index (Phi) is 3.94. The summed E-state index contributed by atoms with van der Waals surface area (Å²) < 4.78 is 5.25. The highest BCUT2D eigenvalue weighted by Gasteiger charge is 2.13. The minimum absolute atomic E-state index is 0.274. The number of nitrogens with one attached hydrogen (secondary N) is 2. The van der Waals surface area contributed by atoms with E-state index in [1.807, 2.05) is 23.9 Å². The lowest BCUT2D eigenvalue weighted by atomic mass is 10.2. The summed E-state index contributed by atoms with van der Waals surface area (Å²) in [6.07, 6.45) is 0. The van der Waals surface area contributed by atoms with Crippen LogP contribution in [0.1, 0.15) is 27.7 Å². The van der Waals surface area contributed by atoms with Crippen molar-refractivity contribution in [2.75, 3.05) is 11.1 Å². The van der Waals surface area contributed by atoms with Crippen LogP contribution < -0.4 is 11.1 Å². The molecule has 0 spiro atoms. The fourth-order valence-electron chi connectivity index (χ4n) is 1.74. The minimum Gasteiger partial charge on any atom is -0.408 e. The van der Waals surface area contributed by atoms with E-state index in [2.05, 4.69) is 38.0 Å². The van der Waals surface area contributed by atoms with Crippen LogP contribution in [0, 0.1) is 0 Å². The monoisotopic (exact) mass is 280 g/mol. The molecule has 104 valence electrons. The second kappa shape index (κ2) is 5.33. The number of aromatic nitrogens is 1. The quantitative estimate of drug-likeness (QED) is 0.900. The van der Waals surface area contributed by atoms with Crippen molar-refractivity contribution in [1.29, 1.82) is 0 Å². The van der Waals surface area contributed by atoms with E-state index in [1.165, 1.54) is 0 Å². The summed E-state index contributed by atoms with van der Waals surface area (Å²) in [5.41, 5.74) is 2.31. The van der Waals surface area contributed by atoms with Crippen LogP contribution >= 0.6 is 11.8 Å². The van der Waals surface area contributed by atoms with Gasteiger partial charge >= 0.3 is 5.76 Å². The van der Waals surface area contributed by atoms with Gasteiger partial charge in [0.2, 0.25) is 0 Å². The number of anilines is 1. The Balaban J connectivity index is 2.02. The van der Waals surface area contributed by atoms with Crippen LogP contribution in [-0.2, 0) is 0 Å². The van der Waals surface area contributed by atoms with Gasteiger partial charge in [0.15, 0.2) is 5.58 Å². The highest BCUT2D eigenvalue weighted by atomic mass is 32.2. The molecule has 19 heavy (non-hydrogen) atoms. The van der Waals surface area contributed by atoms with E-state index >= 15 is 0 Å². The molecule has 0 amide bonds. The molecule has 2 rings (SSSR count). The summed E-state index contributed by atoms with van der Waals surface area (Å²) in [5, 5.41) is 3.43. The lowest BCUT2D eigenvalue weighted by Gasteiger charge is -2.22. The van der Waals surface area contributed by atoms with E-state index in [0.717, 1.165) is 17.0 Å². The molecule has 5 heteroatoms. The molecule has 2 aromatic rings. The Labute approximate surface area is 117 Å². The Bertz CT molecular complexity index is 610. The maximum absolute atomic E-state index is 11.1. The smallest absolute Gasteiger partial charge is 0.408 e. The molecule has 1 aromatic carbocycles. The van der Waals surface area contributed by atoms with E-state index in [9.17, 15) is 4.79 Å². The molecule has 0 radical (unpaired) electrons. The zero-order valence-electron chi connectivity index (χ0n) is 11.7. The largest absolute Gasteiger partial charge is 0.417 e. The van der Waals surface area contributed by atoms with Gasteiger partial charge in [-0.25, -0.2) is 4.79 Å². The predicted octanol–water partition coefficient (Wildman–Crippen LogP) is 3.45. The summed E-state index contributed by atoms with van der Waals surface area (Å²) in [6, 6.07) is 6.00. The fraction of sp³-hybridized carbons (Fsp3) is 0.500. The SMILES string of the molecule is C[C@@H](CSC(C)(C)C)Nc1ccc2oc(=O)[nH]c2c1. The number of fused-ring (bicyclic) bond motifs is 1. The van der Waals surface area contributed by atoms with Gasteiger partial charge in [-0.2, -0.15) is 11.8 Å². The third-order valence-corrected chi connectivity index (χ3v) is 4.13. The molecule has 0 saturated heterocycles. The molecule has 0 unspecified atom stereocenters. The highest BCUT2D eigenvalue weighted by Crippen LogP contribution is 2.25. The van der Waals surface area contributed by atoms with Crippen molar-refractivity contribution in [2.45, 2.75) is 38.5 Å². The lowest BCUT2D eigenvalue weighted by molar-refractivity contribution is 0.555. The van der Waals surface area contributed by atoms with Gasteiger partial charge in [0.05, 0.1) is 5.52 Å². The van der Waals surface area contributed by atoms with Crippen molar-refractivity contribution in [3.63, 3.8) is 0 Å². The lowest BCUT2D eigenvalue weighted by Crippen LogP contribution is -2.21. The molecule has 2 N–H and O–H groups in total. The second-order valence-corrected chi connectivity index (χ2v) is 7.54. The summed E-state index contributed by atoms with van der Waals surface area (Å²) >= 11 is 1.93. The summed E-state index contributed by atoms with van der Waals surface area (Å²) in [6.45, 7) is 8.80. The van der Waals surface area contributed by atoms with Gasteiger partial charge in [-0.3, -0.25) is 4.98 Å². The van der Waals surface area contributed by atoms with Crippen molar-refractivity contribution in [3.8, 4) is 0 Å². The number of hydrogen-bond acceptors (Lipinski definition) is 4. The van der Waals surface area contributed by atoms with Gasteiger partial charge in [0.25, 0.3) is 0 Å².